The van der Waals surface area contributed by atoms with Gasteiger partial charge >= 0.3 is 0 Å². The highest BCUT2D eigenvalue weighted by Crippen LogP contribution is 2.26. The Kier molecular flexibility index (Phi) is 8.91. The number of hydrogen-bond donors (Lipinski definition) is 1. The highest BCUT2D eigenvalue weighted by Gasteiger charge is 2.27. The number of sulfonamides is 1. The molecule has 0 aromatic heterocycles. The van der Waals surface area contributed by atoms with E-state index in [-0.39, 0.29) is 10.6 Å². The van der Waals surface area contributed by atoms with Gasteiger partial charge < -0.3 is 9.64 Å². The van der Waals surface area contributed by atoms with Crippen molar-refractivity contribution >= 4 is 61.8 Å². The summed E-state index contributed by atoms with van der Waals surface area (Å²) in [5.41, 5.74) is 3.71. The molecule has 38 heavy (non-hydrogen) atoms. The van der Waals surface area contributed by atoms with Crippen LogP contribution >= 0.6 is 22.6 Å². The Morgan fingerprint density at radius 1 is 1.11 bits per heavy atom. The number of benzene rings is 3. The smallest absolute Gasteiger partial charge is 0.270 e. The maximum atomic E-state index is 13.4. The molecule has 3 aromatic rings. The Bertz CT molecular complexity index is 1430. The normalized spacial score (nSPS) is 13.9. The molecule has 0 unspecified atom stereocenters. The number of non-ortho nitro benzene ring substituents is 1. The number of hydrogen-bond acceptors (Lipinski definition) is 8. The van der Waals surface area contributed by atoms with Crippen molar-refractivity contribution in [3.63, 3.8) is 0 Å². The average Bonchev–Trinajstić information content (AvgIpc) is 2.93. The summed E-state index contributed by atoms with van der Waals surface area (Å²) >= 11 is 2.11. The van der Waals surface area contributed by atoms with Crippen LogP contribution in [0.25, 0.3) is 0 Å². The summed E-state index contributed by atoms with van der Waals surface area (Å²) in [5, 5.41) is 15.3. The van der Waals surface area contributed by atoms with Gasteiger partial charge in [0.2, 0.25) is 0 Å². The molecule has 1 saturated heterocycles. The van der Waals surface area contributed by atoms with E-state index in [1.54, 1.807) is 48.5 Å². The third kappa shape index (κ3) is 6.65. The molecule has 1 amide bonds. The number of nitrogens with one attached hydrogen (secondary N) is 1. The van der Waals surface area contributed by atoms with Crippen LogP contribution in [0.4, 0.5) is 17.1 Å². The van der Waals surface area contributed by atoms with Gasteiger partial charge in [0.05, 0.1) is 34.9 Å². The molecule has 0 saturated carbocycles. The monoisotopic (exact) mass is 649 g/mol. The first-order valence-electron chi connectivity index (χ1n) is 11.5. The summed E-state index contributed by atoms with van der Waals surface area (Å²) < 4.78 is 34.1. The topological polar surface area (TPSA) is 134 Å². The summed E-state index contributed by atoms with van der Waals surface area (Å²) in [6.45, 7) is 1.73. The first-order chi connectivity index (χ1) is 18.3. The van der Waals surface area contributed by atoms with E-state index in [2.05, 4.69) is 33.1 Å². The van der Waals surface area contributed by atoms with E-state index in [0.717, 1.165) is 7.88 Å². The molecule has 0 spiro atoms. The number of carbonyl (C=O) groups excluding carboxylic acids is 1. The molecule has 1 aliphatic rings. The van der Waals surface area contributed by atoms with E-state index >= 15 is 0 Å². The van der Waals surface area contributed by atoms with E-state index in [4.69, 9.17) is 4.74 Å². The van der Waals surface area contributed by atoms with Crippen molar-refractivity contribution in [2.75, 3.05) is 42.1 Å². The number of carbonyl (C=O) groups is 1. The molecule has 3 aromatic carbocycles. The van der Waals surface area contributed by atoms with Gasteiger partial charge in [0.1, 0.15) is 6.54 Å². The number of halogens is 1. The van der Waals surface area contributed by atoms with Gasteiger partial charge in [-0.3, -0.25) is 19.2 Å². The van der Waals surface area contributed by atoms with E-state index < -0.39 is 27.4 Å². The maximum Gasteiger partial charge on any atom is 0.270 e. The Morgan fingerprint density at radius 2 is 1.79 bits per heavy atom. The number of nitro groups is 1. The van der Waals surface area contributed by atoms with Crippen molar-refractivity contribution in [3.05, 3.63) is 92.0 Å². The van der Waals surface area contributed by atoms with Gasteiger partial charge in [-0.05, 0) is 65.1 Å². The van der Waals surface area contributed by atoms with Crippen molar-refractivity contribution in [1.82, 2.24) is 5.43 Å². The van der Waals surface area contributed by atoms with E-state index in [1.165, 1.54) is 30.5 Å². The van der Waals surface area contributed by atoms with Crippen LogP contribution in [0.15, 0.2) is 82.8 Å². The average molecular weight is 649 g/mol. The SMILES string of the molecule is O=C(CN(c1ccc(I)cc1)S(=O)(=O)c1ccccc1)N/N=C\c1cc([N+](=O)[O-])ccc1N1CCOCC1. The number of rotatable bonds is 9. The fraction of sp³-hybridized carbons (Fsp3) is 0.200. The van der Waals surface area contributed by atoms with Crippen LogP contribution in [0.2, 0.25) is 0 Å². The van der Waals surface area contributed by atoms with Crippen LogP contribution in [0.3, 0.4) is 0 Å². The van der Waals surface area contributed by atoms with Gasteiger partial charge in [0, 0.05) is 40.0 Å². The largest absolute Gasteiger partial charge is 0.378 e. The Hall–Kier alpha value is -3.56. The summed E-state index contributed by atoms with van der Waals surface area (Å²) in [4.78, 5) is 25.7. The van der Waals surface area contributed by atoms with Crippen molar-refractivity contribution in [1.29, 1.82) is 0 Å². The van der Waals surface area contributed by atoms with Crippen LogP contribution in [0.1, 0.15) is 5.56 Å². The highest BCUT2D eigenvalue weighted by atomic mass is 127. The summed E-state index contributed by atoms with van der Waals surface area (Å²) in [7, 11) is -4.05. The number of morpholine rings is 1. The van der Waals surface area contributed by atoms with E-state index in [1.807, 2.05) is 4.90 Å². The van der Waals surface area contributed by atoms with Crippen LogP contribution < -0.4 is 14.6 Å². The minimum absolute atomic E-state index is 0.0431. The van der Waals surface area contributed by atoms with Gasteiger partial charge in [0.25, 0.3) is 21.6 Å². The zero-order valence-corrected chi connectivity index (χ0v) is 23.0. The molecule has 0 bridgehead atoms. The number of amides is 1. The lowest BCUT2D eigenvalue weighted by Gasteiger charge is -2.29. The predicted octanol–water partition coefficient (Wildman–Crippen LogP) is 3.38. The lowest BCUT2D eigenvalue weighted by molar-refractivity contribution is -0.384. The van der Waals surface area contributed by atoms with Crippen LogP contribution in [-0.4, -0.2) is 58.3 Å². The first-order valence-corrected chi connectivity index (χ1v) is 14.0. The first kappa shape index (κ1) is 27.5. The van der Waals surface area contributed by atoms with Gasteiger partial charge in [-0.1, -0.05) is 18.2 Å². The molecule has 4 rings (SSSR count). The van der Waals surface area contributed by atoms with Gasteiger partial charge in [-0.15, -0.1) is 0 Å². The summed E-state index contributed by atoms with van der Waals surface area (Å²) in [5.74, 6) is -0.683. The molecule has 1 N–H and O–H groups in total. The molecule has 0 aliphatic carbocycles. The Labute approximate surface area is 233 Å². The maximum absolute atomic E-state index is 13.4. The fourth-order valence-electron chi connectivity index (χ4n) is 3.83. The molecule has 1 aliphatic heterocycles. The third-order valence-electron chi connectivity index (χ3n) is 5.70. The fourth-order valence-corrected chi connectivity index (χ4v) is 5.63. The van der Waals surface area contributed by atoms with Gasteiger partial charge in [-0.25, -0.2) is 13.8 Å². The molecule has 1 fully saturated rings. The summed E-state index contributed by atoms with van der Waals surface area (Å²) in [6, 6.07) is 19.0. The lowest BCUT2D eigenvalue weighted by Crippen LogP contribution is -2.39. The minimum atomic E-state index is -4.05. The van der Waals surface area contributed by atoms with E-state index in [9.17, 15) is 23.3 Å². The molecule has 0 radical (unpaired) electrons. The molecule has 11 nitrogen and oxygen atoms in total. The van der Waals surface area contributed by atoms with Crippen molar-refractivity contribution < 1.29 is 22.9 Å². The van der Waals surface area contributed by atoms with Crippen LogP contribution in [-0.2, 0) is 19.6 Å². The number of hydrazone groups is 1. The summed E-state index contributed by atoms with van der Waals surface area (Å²) in [6.07, 6.45) is 1.32. The molecule has 198 valence electrons. The zero-order chi connectivity index (χ0) is 27.1. The quantitative estimate of drug-likeness (QED) is 0.163. The third-order valence-corrected chi connectivity index (χ3v) is 8.21. The predicted molar refractivity (Wildman–Crippen MR) is 152 cm³/mol. The molecular formula is C25H24IN5O6S. The standard InChI is InChI=1S/C25H24IN5O6S/c26-20-6-8-21(9-7-20)30(38(35,36)23-4-2-1-3-5-23)18-25(32)28-27-17-19-16-22(31(33)34)10-11-24(19)29-12-14-37-15-13-29/h1-11,16-17H,12-15,18H2,(H,28,32)/b27-17-. The van der Waals surface area contributed by atoms with Crippen molar-refractivity contribution in [2.24, 2.45) is 5.10 Å². The number of ether oxygens (including phenoxy) is 1. The second kappa shape index (κ2) is 12.3. The number of anilines is 2. The van der Waals surface area contributed by atoms with Crippen LogP contribution in [0.5, 0.6) is 0 Å². The highest BCUT2D eigenvalue weighted by molar-refractivity contribution is 14.1. The minimum Gasteiger partial charge on any atom is -0.378 e. The number of nitro benzene ring substituents is 1. The zero-order valence-electron chi connectivity index (χ0n) is 20.1. The molecule has 13 heteroatoms. The van der Waals surface area contributed by atoms with Crippen LogP contribution in [0, 0.1) is 13.7 Å². The Morgan fingerprint density at radius 3 is 2.45 bits per heavy atom. The number of nitrogens with zero attached hydrogens (tertiary/aromatic N) is 4. The second-order valence-corrected chi connectivity index (χ2v) is 11.3. The second-order valence-electron chi connectivity index (χ2n) is 8.19. The molecular weight excluding hydrogens is 625 g/mol. The molecule has 0 atom stereocenters. The Balaban J connectivity index is 1.56. The lowest BCUT2D eigenvalue weighted by atomic mass is 10.1. The van der Waals surface area contributed by atoms with Gasteiger partial charge in [-0.2, -0.15) is 5.10 Å². The molecule has 1 heterocycles. The van der Waals surface area contributed by atoms with Crippen molar-refractivity contribution in [3.8, 4) is 0 Å². The van der Waals surface area contributed by atoms with Gasteiger partial charge in [0.15, 0.2) is 0 Å². The van der Waals surface area contributed by atoms with Crippen molar-refractivity contribution in [2.45, 2.75) is 4.90 Å². The van der Waals surface area contributed by atoms with E-state index in [0.29, 0.717) is 43.2 Å².